The fraction of sp³-hybridized carbons (Fsp3) is 1.00. The number of halogens is 16. The predicted molar refractivity (Wildman–Crippen MR) is 59.5 cm³/mol. The molecule has 0 amide bonds. The summed E-state index contributed by atoms with van der Waals surface area (Å²) in [7, 11) is -4.05. The predicted octanol–water partition coefficient (Wildman–Crippen LogP) is 5.72. The molecule has 0 radical (unpaired) electrons. The van der Waals surface area contributed by atoms with E-state index in [1.54, 1.807) is 0 Å². The average molecular weight is 460 g/mol. The van der Waals surface area contributed by atoms with Gasteiger partial charge in [-0.05, 0) is 0 Å². The molecule has 0 saturated carbocycles. The molecule has 0 aliphatic carbocycles. The quantitative estimate of drug-likeness (QED) is 0.337. The monoisotopic (exact) mass is 460 g/mol. The van der Waals surface area contributed by atoms with Gasteiger partial charge in [0, 0.05) is 0 Å². The van der Waals surface area contributed by atoms with Crippen molar-refractivity contribution in [3.05, 3.63) is 0 Å². The van der Waals surface area contributed by atoms with E-state index in [4.69, 9.17) is 0 Å². The van der Waals surface area contributed by atoms with Gasteiger partial charge < -0.3 is 0 Å². The summed E-state index contributed by atoms with van der Waals surface area (Å²) >= 11 is 0. The van der Waals surface area contributed by atoms with Crippen molar-refractivity contribution < 1.29 is 70.2 Å². The van der Waals surface area contributed by atoms with Crippen molar-refractivity contribution in [3.8, 4) is 0 Å². The van der Waals surface area contributed by atoms with E-state index >= 15 is 0 Å². The van der Waals surface area contributed by atoms with Crippen LogP contribution in [-0.2, 0) is 0 Å². The molecule has 0 aromatic rings. The molecule has 0 aliphatic rings. The van der Waals surface area contributed by atoms with Gasteiger partial charge in [-0.1, -0.05) is 13.1 Å². The summed E-state index contributed by atoms with van der Waals surface area (Å²) in [5.74, 6) is -40.0. The Labute approximate surface area is 141 Å². The lowest BCUT2D eigenvalue weighted by Gasteiger charge is -2.41. The first kappa shape index (κ1) is 26.1. The first-order valence-corrected chi connectivity index (χ1v) is 9.21. The van der Waals surface area contributed by atoms with Crippen LogP contribution in [0.5, 0.6) is 0 Å². The third-order valence-electron chi connectivity index (χ3n) is 3.38. The van der Waals surface area contributed by atoms with Crippen LogP contribution in [0.25, 0.3) is 0 Å². The number of alkyl halides is 16. The summed E-state index contributed by atoms with van der Waals surface area (Å²) in [4.78, 5) is 0. The van der Waals surface area contributed by atoms with Gasteiger partial charge in [0.1, 0.15) is 8.80 Å². The molecule has 0 N–H and O–H groups in total. The number of hydrogen-bond donors (Lipinski definition) is 0. The van der Waals surface area contributed by atoms with Crippen LogP contribution in [0.3, 0.4) is 0 Å². The maximum atomic E-state index is 13.2. The smallest absolute Gasteiger partial charge is 0.234 e. The molecular weight excluding hydrogens is 452 g/mol. The lowest BCUT2D eigenvalue weighted by atomic mass is 9.92. The van der Waals surface area contributed by atoms with Gasteiger partial charge in [-0.2, -0.15) is 57.1 Å². The molecule has 0 fully saturated rings. The van der Waals surface area contributed by atoms with E-state index in [2.05, 4.69) is 0 Å². The molecule has 0 spiro atoms. The van der Waals surface area contributed by atoms with E-state index in [1.165, 1.54) is 0 Å². The second kappa shape index (κ2) is 6.57. The maximum Gasteiger partial charge on any atom is 0.460 e. The van der Waals surface area contributed by atoms with E-state index in [0.29, 0.717) is 13.1 Å². The second-order valence-electron chi connectivity index (χ2n) is 5.61. The van der Waals surface area contributed by atoms with Crippen LogP contribution < -0.4 is 0 Å². The highest BCUT2D eigenvalue weighted by molar-refractivity contribution is 6.58. The number of hydrogen-bond acceptors (Lipinski definition) is 0. The minimum Gasteiger partial charge on any atom is -0.234 e. The molecule has 0 rings (SSSR count). The molecule has 0 aromatic heterocycles. The Bertz CT molecular complexity index is 532. The minimum absolute atomic E-state index is 0.353. The van der Waals surface area contributed by atoms with E-state index in [1.807, 2.05) is 0 Å². The first-order valence-electron chi connectivity index (χ1n) is 6.32. The molecule has 1 unspecified atom stereocenters. The molecule has 0 saturated heterocycles. The van der Waals surface area contributed by atoms with Gasteiger partial charge in [0.25, 0.3) is 5.55 Å². The first-order chi connectivity index (χ1) is 11.3. The summed E-state index contributed by atoms with van der Waals surface area (Å²) in [6, 6.07) is 0. The summed E-state index contributed by atoms with van der Waals surface area (Å²) in [6.45, 7) is 0.705. The van der Waals surface area contributed by atoms with E-state index in [-0.39, 0.29) is 0 Å². The number of rotatable bonds is 7. The molecular formula is C10H8F16Si. The Morgan fingerprint density at radius 1 is 0.519 bits per heavy atom. The van der Waals surface area contributed by atoms with Crippen molar-refractivity contribution >= 4 is 8.80 Å². The Balaban J connectivity index is 6.48. The summed E-state index contributed by atoms with van der Waals surface area (Å²) in [5, 5.41) is 0. The molecule has 0 aliphatic heterocycles. The minimum atomic E-state index is -8.29. The van der Waals surface area contributed by atoms with Crippen molar-refractivity contribution in [1.82, 2.24) is 0 Å². The van der Waals surface area contributed by atoms with Crippen LogP contribution in [-0.4, -0.2) is 56.3 Å². The molecule has 0 bridgehead atoms. The topological polar surface area (TPSA) is 0 Å². The maximum absolute atomic E-state index is 13.2. The molecule has 1 atom stereocenters. The fourth-order valence-electron chi connectivity index (χ4n) is 1.48. The van der Waals surface area contributed by atoms with Gasteiger partial charge in [0.05, 0.1) is 0 Å². The summed E-state index contributed by atoms with van der Waals surface area (Å²) in [6.07, 6.45) is -13.2. The SMILES string of the molecule is C[SiH](C)C(F)(F)C(F)C(F)(F)C(F)(F)C(F)(F)C(F)(F)C(F)(F)C(F)(F)F. The fourth-order valence-corrected chi connectivity index (χ4v) is 2.27. The lowest BCUT2D eigenvalue weighted by Crippen LogP contribution is -2.72. The van der Waals surface area contributed by atoms with Gasteiger partial charge in [0.2, 0.25) is 6.17 Å². The summed E-state index contributed by atoms with van der Waals surface area (Å²) in [5.41, 5.74) is -5.44. The Kier molecular flexibility index (Phi) is 6.35. The molecule has 27 heavy (non-hydrogen) atoms. The van der Waals surface area contributed by atoms with Crippen LogP contribution in [0.4, 0.5) is 70.2 Å². The second-order valence-corrected chi connectivity index (χ2v) is 8.69. The normalized spacial score (nSPS) is 17.4. The molecule has 164 valence electrons. The van der Waals surface area contributed by atoms with E-state index in [0.717, 1.165) is 0 Å². The van der Waals surface area contributed by atoms with Crippen LogP contribution in [0.15, 0.2) is 0 Å². The summed E-state index contributed by atoms with van der Waals surface area (Å²) < 4.78 is 205. The van der Waals surface area contributed by atoms with E-state index < -0.39 is 56.3 Å². The Morgan fingerprint density at radius 2 is 0.815 bits per heavy atom. The third-order valence-corrected chi connectivity index (χ3v) is 5.22. The zero-order valence-corrected chi connectivity index (χ0v) is 13.9. The van der Waals surface area contributed by atoms with Crippen molar-refractivity contribution in [2.75, 3.05) is 0 Å². The van der Waals surface area contributed by atoms with Crippen molar-refractivity contribution in [2.45, 2.75) is 60.6 Å². The molecule has 0 heterocycles. The molecule has 0 nitrogen and oxygen atoms in total. The third kappa shape index (κ3) is 3.47. The van der Waals surface area contributed by atoms with Crippen molar-refractivity contribution in [1.29, 1.82) is 0 Å². The van der Waals surface area contributed by atoms with Crippen molar-refractivity contribution in [3.63, 3.8) is 0 Å². The highest BCUT2D eigenvalue weighted by Crippen LogP contribution is 2.61. The van der Waals surface area contributed by atoms with Gasteiger partial charge in [-0.25, -0.2) is 13.2 Å². The van der Waals surface area contributed by atoms with Gasteiger partial charge in [-0.15, -0.1) is 0 Å². The highest BCUT2D eigenvalue weighted by Gasteiger charge is 2.92. The Morgan fingerprint density at radius 3 is 1.07 bits per heavy atom. The highest BCUT2D eigenvalue weighted by atomic mass is 28.3. The largest absolute Gasteiger partial charge is 0.460 e. The van der Waals surface area contributed by atoms with Gasteiger partial charge in [-0.3, -0.25) is 0 Å². The lowest BCUT2D eigenvalue weighted by molar-refractivity contribution is -0.445. The zero-order valence-electron chi connectivity index (χ0n) is 12.7. The zero-order chi connectivity index (χ0) is 22.7. The standard InChI is InChI=1S/C10H8F16Si/c1-27(2)5(14,15)3(11)4(12,13)6(16,17)7(18,19)8(20,21)9(22,23)10(24,25)26/h3,27H,1-2H3. The van der Waals surface area contributed by atoms with Crippen LogP contribution in [0.2, 0.25) is 13.1 Å². The van der Waals surface area contributed by atoms with Gasteiger partial charge in [0.15, 0.2) is 0 Å². The van der Waals surface area contributed by atoms with Crippen LogP contribution in [0, 0.1) is 0 Å². The Hall–Kier alpha value is -0.903. The van der Waals surface area contributed by atoms with Gasteiger partial charge >= 0.3 is 35.8 Å². The average Bonchev–Trinajstić information content (AvgIpc) is 2.43. The van der Waals surface area contributed by atoms with Crippen LogP contribution in [0.1, 0.15) is 0 Å². The van der Waals surface area contributed by atoms with E-state index in [9.17, 15) is 70.2 Å². The van der Waals surface area contributed by atoms with Crippen LogP contribution >= 0.6 is 0 Å². The van der Waals surface area contributed by atoms with Crippen molar-refractivity contribution in [2.24, 2.45) is 0 Å². The molecule has 0 aromatic carbocycles. The molecule has 17 heteroatoms.